The number of halogens is 1. The molecule has 0 radical (unpaired) electrons. The Morgan fingerprint density at radius 2 is 1.78 bits per heavy atom. The fourth-order valence-corrected chi connectivity index (χ4v) is 4.33. The summed E-state index contributed by atoms with van der Waals surface area (Å²) in [5.41, 5.74) is 3.88. The molecule has 5 nitrogen and oxygen atoms in total. The van der Waals surface area contributed by atoms with Crippen molar-refractivity contribution < 1.29 is 13.2 Å². The number of amides is 1. The molecule has 146 valence electrons. The summed E-state index contributed by atoms with van der Waals surface area (Å²) < 4.78 is 26.1. The molecule has 0 aromatic heterocycles. The minimum Gasteiger partial charge on any atom is -0.324 e. The minimum atomic E-state index is -3.70. The number of rotatable bonds is 6. The summed E-state index contributed by atoms with van der Waals surface area (Å²) in [4.78, 5) is 12.9. The molecule has 7 heteroatoms. The van der Waals surface area contributed by atoms with Crippen molar-refractivity contribution in [3.8, 4) is 0 Å². The lowest BCUT2D eigenvalue weighted by Crippen LogP contribution is -2.47. The van der Waals surface area contributed by atoms with Gasteiger partial charge in [0, 0.05) is 10.7 Å². The molecular weight excluding hydrogens is 384 g/mol. The number of nitrogens with zero attached hydrogens (tertiary/aromatic N) is 1. The minimum absolute atomic E-state index is 0.315. The largest absolute Gasteiger partial charge is 0.324 e. The zero-order chi connectivity index (χ0) is 20.4. The third kappa shape index (κ3) is 5.02. The van der Waals surface area contributed by atoms with Gasteiger partial charge in [-0.05, 0) is 56.5 Å². The van der Waals surface area contributed by atoms with Crippen LogP contribution in [0.15, 0.2) is 36.4 Å². The lowest BCUT2D eigenvalue weighted by atomic mass is 10.1. The van der Waals surface area contributed by atoms with Crippen LogP contribution in [0.1, 0.15) is 30.0 Å². The van der Waals surface area contributed by atoms with E-state index in [4.69, 9.17) is 11.6 Å². The van der Waals surface area contributed by atoms with E-state index in [9.17, 15) is 13.2 Å². The van der Waals surface area contributed by atoms with Crippen LogP contribution in [0.4, 0.5) is 11.4 Å². The molecule has 0 bridgehead atoms. The molecule has 2 aromatic carbocycles. The van der Waals surface area contributed by atoms with Crippen molar-refractivity contribution in [2.24, 2.45) is 0 Å². The molecule has 0 unspecified atom stereocenters. The molecule has 0 fully saturated rings. The van der Waals surface area contributed by atoms with Gasteiger partial charge in [-0.1, -0.05) is 42.3 Å². The molecule has 0 aliphatic rings. The number of carbonyl (C=O) groups is 1. The molecule has 2 aromatic rings. The highest BCUT2D eigenvalue weighted by atomic mass is 35.5. The second kappa shape index (κ2) is 8.31. The topological polar surface area (TPSA) is 66.5 Å². The first kappa shape index (κ1) is 21.3. The maximum absolute atomic E-state index is 12.9. The van der Waals surface area contributed by atoms with Crippen molar-refractivity contribution in [3.63, 3.8) is 0 Å². The van der Waals surface area contributed by atoms with Gasteiger partial charge in [0.1, 0.15) is 6.04 Å². The standard InChI is InChI=1S/C20H25ClN2O3S/c1-6-19(20(24)22-18-10-7-13(2)11-15(18)4)23(27(5,25)26)16-9-8-14(3)17(21)12-16/h7-12,19H,6H2,1-5H3,(H,22,24)/t19-/m0/s1. The van der Waals surface area contributed by atoms with Crippen LogP contribution in [0.5, 0.6) is 0 Å². The van der Waals surface area contributed by atoms with Crippen molar-refractivity contribution in [3.05, 3.63) is 58.1 Å². The molecule has 1 atom stereocenters. The van der Waals surface area contributed by atoms with Crippen LogP contribution >= 0.6 is 11.6 Å². The SMILES string of the molecule is CC[C@@H](C(=O)Nc1ccc(C)cc1C)N(c1ccc(C)c(Cl)c1)S(C)(=O)=O. The summed E-state index contributed by atoms with van der Waals surface area (Å²) in [6, 6.07) is 9.77. The Balaban J connectivity index is 2.42. The maximum Gasteiger partial charge on any atom is 0.248 e. The van der Waals surface area contributed by atoms with E-state index in [0.717, 1.165) is 27.3 Å². The van der Waals surface area contributed by atoms with Gasteiger partial charge in [-0.25, -0.2) is 8.42 Å². The highest BCUT2D eigenvalue weighted by Crippen LogP contribution is 2.28. The van der Waals surface area contributed by atoms with Gasteiger partial charge in [0.25, 0.3) is 0 Å². The van der Waals surface area contributed by atoms with Gasteiger partial charge in [-0.15, -0.1) is 0 Å². The molecule has 0 saturated heterocycles. The summed E-state index contributed by atoms with van der Waals surface area (Å²) in [7, 11) is -3.70. The van der Waals surface area contributed by atoms with Gasteiger partial charge in [-0.2, -0.15) is 0 Å². The average molecular weight is 409 g/mol. The van der Waals surface area contributed by atoms with Crippen molar-refractivity contribution in [1.82, 2.24) is 0 Å². The summed E-state index contributed by atoms with van der Waals surface area (Å²) in [6.45, 7) is 7.49. The number of anilines is 2. The average Bonchev–Trinajstić information content (AvgIpc) is 2.56. The van der Waals surface area contributed by atoms with Crippen LogP contribution in [0.2, 0.25) is 5.02 Å². The van der Waals surface area contributed by atoms with E-state index in [1.54, 1.807) is 25.1 Å². The van der Waals surface area contributed by atoms with Crippen molar-refractivity contribution in [2.75, 3.05) is 15.9 Å². The normalized spacial score (nSPS) is 12.5. The first-order valence-corrected chi connectivity index (χ1v) is 10.9. The monoisotopic (exact) mass is 408 g/mol. The number of hydrogen-bond acceptors (Lipinski definition) is 3. The highest BCUT2D eigenvalue weighted by Gasteiger charge is 2.32. The van der Waals surface area contributed by atoms with E-state index in [0.29, 0.717) is 22.8 Å². The third-order valence-electron chi connectivity index (χ3n) is 4.38. The molecule has 0 saturated carbocycles. The van der Waals surface area contributed by atoms with Crippen molar-refractivity contribution in [1.29, 1.82) is 0 Å². The molecule has 1 N–H and O–H groups in total. The number of hydrogen-bond donors (Lipinski definition) is 1. The second-order valence-corrected chi connectivity index (χ2v) is 8.99. The summed E-state index contributed by atoms with van der Waals surface area (Å²) >= 11 is 6.18. The molecule has 2 rings (SSSR count). The molecular formula is C20H25ClN2O3S. The van der Waals surface area contributed by atoms with E-state index in [-0.39, 0.29) is 5.91 Å². The Bertz CT molecular complexity index is 958. The summed E-state index contributed by atoms with van der Waals surface area (Å²) in [6.07, 6.45) is 1.41. The van der Waals surface area contributed by atoms with Crippen molar-refractivity contribution in [2.45, 2.75) is 40.2 Å². The fraction of sp³-hybridized carbons (Fsp3) is 0.350. The first-order chi connectivity index (χ1) is 12.5. The van der Waals surface area contributed by atoms with Crippen LogP contribution in [0, 0.1) is 20.8 Å². The van der Waals surface area contributed by atoms with Crippen LogP contribution in [-0.2, 0) is 14.8 Å². The fourth-order valence-electron chi connectivity index (χ4n) is 2.95. The smallest absolute Gasteiger partial charge is 0.248 e. The Labute approximate surface area is 166 Å². The first-order valence-electron chi connectivity index (χ1n) is 8.68. The predicted molar refractivity (Wildman–Crippen MR) is 112 cm³/mol. The van der Waals surface area contributed by atoms with E-state index in [2.05, 4.69) is 5.32 Å². The maximum atomic E-state index is 12.9. The van der Waals surface area contributed by atoms with Gasteiger partial charge in [0.15, 0.2) is 0 Å². The predicted octanol–water partition coefficient (Wildman–Crippen LogP) is 4.45. The van der Waals surface area contributed by atoms with Gasteiger partial charge in [0.2, 0.25) is 15.9 Å². The number of benzene rings is 2. The van der Waals surface area contributed by atoms with Gasteiger partial charge < -0.3 is 5.32 Å². The number of aryl methyl sites for hydroxylation is 3. The van der Waals surface area contributed by atoms with E-state index in [1.807, 2.05) is 39.0 Å². The summed E-state index contributed by atoms with van der Waals surface area (Å²) in [5, 5.41) is 3.31. The van der Waals surface area contributed by atoms with Gasteiger partial charge in [-0.3, -0.25) is 9.10 Å². The van der Waals surface area contributed by atoms with Crippen LogP contribution in [0.25, 0.3) is 0 Å². The lowest BCUT2D eigenvalue weighted by Gasteiger charge is -2.30. The third-order valence-corrected chi connectivity index (χ3v) is 5.97. The molecule has 27 heavy (non-hydrogen) atoms. The Hall–Kier alpha value is -2.05. The molecule has 1 amide bonds. The van der Waals surface area contributed by atoms with Gasteiger partial charge in [0.05, 0.1) is 11.9 Å². The Morgan fingerprint density at radius 1 is 1.11 bits per heavy atom. The molecule has 0 aliphatic carbocycles. The molecule has 0 heterocycles. The van der Waals surface area contributed by atoms with Crippen LogP contribution in [0.3, 0.4) is 0 Å². The quantitative estimate of drug-likeness (QED) is 0.767. The number of nitrogens with one attached hydrogen (secondary N) is 1. The van der Waals surface area contributed by atoms with E-state index in [1.165, 1.54) is 0 Å². The Kier molecular flexibility index (Phi) is 6.54. The Morgan fingerprint density at radius 3 is 2.30 bits per heavy atom. The lowest BCUT2D eigenvalue weighted by molar-refractivity contribution is -0.117. The van der Waals surface area contributed by atoms with Gasteiger partial charge >= 0.3 is 0 Å². The van der Waals surface area contributed by atoms with Crippen molar-refractivity contribution >= 4 is 38.9 Å². The highest BCUT2D eigenvalue weighted by molar-refractivity contribution is 7.92. The molecule has 0 aliphatic heterocycles. The zero-order valence-corrected chi connectivity index (χ0v) is 17.8. The van der Waals surface area contributed by atoms with E-state index >= 15 is 0 Å². The number of sulfonamides is 1. The van der Waals surface area contributed by atoms with E-state index < -0.39 is 16.1 Å². The number of carbonyl (C=O) groups excluding carboxylic acids is 1. The molecule has 0 spiro atoms. The zero-order valence-electron chi connectivity index (χ0n) is 16.2. The second-order valence-electron chi connectivity index (χ2n) is 6.72. The van der Waals surface area contributed by atoms with Crippen LogP contribution in [-0.4, -0.2) is 26.6 Å². The van der Waals surface area contributed by atoms with Crippen LogP contribution < -0.4 is 9.62 Å². The summed E-state index contributed by atoms with van der Waals surface area (Å²) in [5.74, 6) is -0.383.